The molecule has 0 atom stereocenters. The lowest BCUT2D eigenvalue weighted by atomic mass is 10.2. The van der Waals surface area contributed by atoms with Gasteiger partial charge in [-0.1, -0.05) is 12.1 Å². The smallest absolute Gasteiger partial charge is 0.416 e. The summed E-state index contributed by atoms with van der Waals surface area (Å²) < 4.78 is 44.5. The molecule has 0 radical (unpaired) electrons. The number of nitrogens with zero attached hydrogens (tertiary/aromatic N) is 2. The summed E-state index contributed by atoms with van der Waals surface area (Å²) >= 11 is 0. The van der Waals surface area contributed by atoms with Crippen molar-refractivity contribution in [2.75, 3.05) is 13.2 Å². The van der Waals surface area contributed by atoms with Gasteiger partial charge in [-0.2, -0.15) is 18.3 Å². The van der Waals surface area contributed by atoms with Crippen LogP contribution in [0.1, 0.15) is 21.7 Å². The first-order valence-electron chi connectivity index (χ1n) is 8.67. The number of carbonyl (C=O) groups is 3. The Morgan fingerprint density at radius 2 is 1.97 bits per heavy atom. The number of esters is 1. The Kier molecular flexibility index (Phi) is 7.29. The Morgan fingerprint density at radius 1 is 1.26 bits per heavy atom. The number of carbonyl (C=O) groups excluding carboxylic acids is 3. The molecule has 0 aliphatic heterocycles. The summed E-state index contributed by atoms with van der Waals surface area (Å²) in [5, 5.41) is 7.93. The van der Waals surface area contributed by atoms with Crippen LogP contribution in [0.2, 0.25) is 0 Å². The van der Waals surface area contributed by atoms with Crippen molar-refractivity contribution < 1.29 is 32.3 Å². The predicted molar refractivity (Wildman–Crippen MR) is 102 cm³/mol. The normalized spacial score (nSPS) is 10.8. The maximum absolute atomic E-state index is 13.0. The minimum absolute atomic E-state index is 0.0435. The Hall–Kier alpha value is -3.96. The predicted octanol–water partition coefficient (Wildman–Crippen LogP) is 1.73. The van der Waals surface area contributed by atoms with Gasteiger partial charge in [0, 0.05) is 18.3 Å². The Labute approximate surface area is 173 Å². The van der Waals surface area contributed by atoms with Crippen LogP contribution in [0.4, 0.5) is 18.0 Å². The number of aryl methyl sites for hydroxylation is 1. The summed E-state index contributed by atoms with van der Waals surface area (Å²) in [5.74, 6) is -2.26. The van der Waals surface area contributed by atoms with E-state index in [0.717, 1.165) is 28.9 Å². The van der Waals surface area contributed by atoms with Gasteiger partial charge in [-0.15, -0.1) is 6.58 Å². The largest absolute Gasteiger partial charge is 0.451 e. The lowest BCUT2D eigenvalue weighted by Gasteiger charge is -2.13. The molecule has 0 saturated heterocycles. The highest BCUT2D eigenvalue weighted by atomic mass is 19.4. The van der Waals surface area contributed by atoms with Crippen LogP contribution in [-0.4, -0.2) is 40.8 Å². The van der Waals surface area contributed by atoms with Crippen molar-refractivity contribution in [2.24, 2.45) is 0 Å². The molecule has 9 nitrogen and oxygen atoms in total. The quantitative estimate of drug-likeness (QED) is 0.524. The number of imide groups is 1. The van der Waals surface area contributed by atoms with Crippen LogP contribution >= 0.6 is 0 Å². The fourth-order valence-corrected chi connectivity index (χ4v) is 2.34. The van der Waals surface area contributed by atoms with Gasteiger partial charge in [0.15, 0.2) is 6.61 Å². The minimum atomic E-state index is -4.60. The summed E-state index contributed by atoms with van der Waals surface area (Å²) in [6, 6.07) is 4.27. The van der Waals surface area contributed by atoms with Crippen molar-refractivity contribution in [1.82, 2.24) is 20.4 Å². The molecule has 12 heteroatoms. The second kappa shape index (κ2) is 9.69. The number of amides is 3. The van der Waals surface area contributed by atoms with Gasteiger partial charge in [0.2, 0.25) is 11.1 Å². The molecule has 31 heavy (non-hydrogen) atoms. The second-order valence-corrected chi connectivity index (χ2v) is 6.08. The highest BCUT2D eigenvalue weighted by Crippen LogP contribution is 2.30. The summed E-state index contributed by atoms with van der Waals surface area (Å²) in [5.41, 5.74) is -2.42. The van der Waals surface area contributed by atoms with Gasteiger partial charge >= 0.3 is 18.2 Å². The number of urea groups is 1. The lowest BCUT2D eigenvalue weighted by Crippen LogP contribution is -2.41. The standard InChI is InChI=1S/C19H17F3N4O5/c1-3-7-23-18(30)24-15(28)10-31-17(29)16-14(27)8-11(2)26(25-16)13-6-4-5-12(9-13)19(20,21)22/h3-6,8-9H,1,7,10H2,2H3,(H2,23,24,28,30). The van der Waals surface area contributed by atoms with Crippen LogP contribution in [0.5, 0.6) is 0 Å². The van der Waals surface area contributed by atoms with Crippen LogP contribution < -0.4 is 16.1 Å². The molecule has 0 aliphatic carbocycles. The summed E-state index contributed by atoms with van der Waals surface area (Å²) in [4.78, 5) is 47.2. The molecule has 2 rings (SSSR count). The summed E-state index contributed by atoms with van der Waals surface area (Å²) in [6.07, 6.45) is -3.22. The molecule has 0 aliphatic rings. The first kappa shape index (κ1) is 23.3. The first-order chi connectivity index (χ1) is 14.5. The van der Waals surface area contributed by atoms with Crippen LogP contribution in [0, 0.1) is 6.92 Å². The van der Waals surface area contributed by atoms with Crippen molar-refractivity contribution in [3.05, 3.63) is 70.2 Å². The Bertz CT molecular complexity index is 1080. The highest BCUT2D eigenvalue weighted by Gasteiger charge is 2.30. The van der Waals surface area contributed by atoms with E-state index in [1.807, 2.05) is 5.32 Å². The van der Waals surface area contributed by atoms with E-state index >= 15 is 0 Å². The molecule has 0 unspecified atom stereocenters. The van der Waals surface area contributed by atoms with Crippen LogP contribution in [0.25, 0.3) is 5.69 Å². The Balaban J connectivity index is 2.20. The molecule has 1 aromatic heterocycles. The highest BCUT2D eigenvalue weighted by molar-refractivity contribution is 5.96. The van der Waals surface area contributed by atoms with Crippen molar-refractivity contribution in [3.8, 4) is 5.69 Å². The van der Waals surface area contributed by atoms with E-state index in [-0.39, 0.29) is 17.9 Å². The molecule has 1 aromatic carbocycles. The molecule has 1 heterocycles. The summed E-state index contributed by atoms with van der Waals surface area (Å²) in [7, 11) is 0. The topological polar surface area (TPSA) is 119 Å². The average molecular weight is 438 g/mol. The zero-order chi connectivity index (χ0) is 23.2. The third-order valence-electron chi connectivity index (χ3n) is 3.71. The van der Waals surface area contributed by atoms with Gasteiger partial charge < -0.3 is 10.1 Å². The van der Waals surface area contributed by atoms with E-state index in [2.05, 4.69) is 21.7 Å². The zero-order valence-electron chi connectivity index (χ0n) is 16.2. The number of halogens is 3. The molecule has 2 aromatic rings. The van der Waals surface area contributed by atoms with Crippen molar-refractivity contribution >= 4 is 17.9 Å². The maximum atomic E-state index is 13.0. The van der Waals surface area contributed by atoms with Gasteiger partial charge in [0.25, 0.3) is 5.91 Å². The van der Waals surface area contributed by atoms with E-state index in [9.17, 15) is 32.3 Å². The molecule has 0 bridgehead atoms. The van der Waals surface area contributed by atoms with E-state index in [0.29, 0.717) is 0 Å². The lowest BCUT2D eigenvalue weighted by molar-refractivity contribution is -0.137. The SMILES string of the molecule is C=CCNC(=O)NC(=O)COC(=O)c1nn(-c2cccc(C(F)(F)F)c2)c(C)cc1=O. The first-order valence-corrected chi connectivity index (χ1v) is 8.67. The molecular weight excluding hydrogens is 421 g/mol. The van der Waals surface area contributed by atoms with Gasteiger partial charge in [0.1, 0.15) is 0 Å². The molecular formula is C19H17F3N4O5. The average Bonchev–Trinajstić information content (AvgIpc) is 2.70. The van der Waals surface area contributed by atoms with Gasteiger partial charge in [-0.3, -0.25) is 14.9 Å². The number of alkyl halides is 3. The molecule has 3 amide bonds. The molecule has 0 fully saturated rings. The van der Waals surface area contributed by atoms with E-state index in [4.69, 9.17) is 0 Å². The number of hydrogen-bond acceptors (Lipinski definition) is 6. The number of nitrogens with one attached hydrogen (secondary N) is 2. The number of ether oxygens (including phenoxy) is 1. The number of hydrogen-bond donors (Lipinski definition) is 2. The zero-order valence-corrected chi connectivity index (χ0v) is 16.2. The van der Waals surface area contributed by atoms with Crippen LogP contribution in [-0.2, 0) is 15.7 Å². The van der Waals surface area contributed by atoms with Gasteiger partial charge in [0.05, 0.1) is 11.3 Å². The van der Waals surface area contributed by atoms with Crippen molar-refractivity contribution in [2.45, 2.75) is 13.1 Å². The van der Waals surface area contributed by atoms with Crippen molar-refractivity contribution in [1.29, 1.82) is 0 Å². The van der Waals surface area contributed by atoms with Gasteiger partial charge in [-0.25, -0.2) is 14.3 Å². The number of benzene rings is 1. The van der Waals surface area contributed by atoms with Crippen molar-refractivity contribution in [3.63, 3.8) is 0 Å². The monoisotopic (exact) mass is 438 g/mol. The number of aromatic nitrogens is 2. The molecule has 2 N–H and O–H groups in total. The van der Waals surface area contributed by atoms with Crippen LogP contribution in [0.3, 0.4) is 0 Å². The van der Waals surface area contributed by atoms with E-state index in [1.165, 1.54) is 19.1 Å². The fraction of sp³-hybridized carbons (Fsp3) is 0.211. The van der Waals surface area contributed by atoms with E-state index < -0.39 is 47.4 Å². The summed E-state index contributed by atoms with van der Waals surface area (Å²) in [6.45, 7) is 4.00. The minimum Gasteiger partial charge on any atom is -0.451 e. The van der Waals surface area contributed by atoms with E-state index in [1.54, 1.807) is 0 Å². The molecule has 0 saturated carbocycles. The van der Waals surface area contributed by atoms with Crippen LogP contribution in [0.15, 0.2) is 47.8 Å². The third kappa shape index (κ3) is 6.26. The molecule has 164 valence electrons. The van der Waals surface area contributed by atoms with Gasteiger partial charge in [-0.05, 0) is 25.1 Å². The third-order valence-corrected chi connectivity index (χ3v) is 3.71. The Morgan fingerprint density at radius 3 is 2.61 bits per heavy atom. The fourth-order valence-electron chi connectivity index (χ4n) is 2.34. The maximum Gasteiger partial charge on any atom is 0.416 e. The second-order valence-electron chi connectivity index (χ2n) is 6.08. The molecule has 0 spiro atoms. The number of rotatable bonds is 6.